The van der Waals surface area contributed by atoms with Crippen LogP contribution in [0.25, 0.3) is 0 Å². The van der Waals surface area contributed by atoms with E-state index in [4.69, 9.17) is 0 Å². The second-order valence-electron chi connectivity index (χ2n) is 7.94. The lowest BCUT2D eigenvalue weighted by Crippen LogP contribution is -2.42. The van der Waals surface area contributed by atoms with Gasteiger partial charge in [0.2, 0.25) is 5.91 Å². The van der Waals surface area contributed by atoms with E-state index in [1.165, 1.54) is 58.2 Å². The van der Waals surface area contributed by atoms with Gasteiger partial charge >= 0.3 is 0 Å². The van der Waals surface area contributed by atoms with Gasteiger partial charge in [-0.2, -0.15) is 0 Å². The maximum absolute atomic E-state index is 12.4. The van der Waals surface area contributed by atoms with Crippen LogP contribution >= 0.6 is 15.9 Å². The molecule has 1 aromatic carbocycles. The number of hydrogen-bond acceptors (Lipinski definition) is 3. The first-order chi connectivity index (χ1) is 12.6. The molecule has 0 bridgehead atoms. The highest BCUT2D eigenvalue weighted by Gasteiger charge is 2.23. The largest absolute Gasteiger partial charge is 0.325 e. The number of likely N-dealkylation sites (tertiary alicyclic amines) is 2. The van der Waals surface area contributed by atoms with Crippen LogP contribution in [0.1, 0.15) is 44.1 Å². The van der Waals surface area contributed by atoms with E-state index < -0.39 is 0 Å². The van der Waals surface area contributed by atoms with Gasteiger partial charge in [-0.3, -0.25) is 9.69 Å². The van der Waals surface area contributed by atoms with Gasteiger partial charge in [0.25, 0.3) is 0 Å². The Bertz CT molecular complexity index is 591. The summed E-state index contributed by atoms with van der Waals surface area (Å²) in [7, 11) is 0. The number of hydrogen-bond donors (Lipinski definition) is 1. The Hall–Kier alpha value is -0.910. The first kappa shape index (κ1) is 19.8. The summed E-state index contributed by atoms with van der Waals surface area (Å²) in [5.74, 6) is 0.905. The molecule has 2 heterocycles. The number of amides is 1. The quantitative estimate of drug-likeness (QED) is 0.769. The lowest BCUT2D eigenvalue weighted by atomic mass is 9.96. The average Bonchev–Trinajstić information content (AvgIpc) is 2.88. The number of anilines is 1. The van der Waals surface area contributed by atoms with Crippen LogP contribution in [0.5, 0.6) is 0 Å². The lowest BCUT2D eigenvalue weighted by Gasteiger charge is -2.34. The Kier molecular flexibility index (Phi) is 7.52. The molecule has 1 amide bonds. The van der Waals surface area contributed by atoms with E-state index in [0.29, 0.717) is 6.54 Å². The zero-order valence-corrected chi connectivity index (χ0v) is 17.6. The van der Waals surface area contributed by atoms with Crippen LogP contribution in [0.4, 0.5) is 5.69 Å². The van der Waals surface area contributed by atoms with Gasteiger partial charge in [-0.25, -0.2) is 0 Å². The third-order valence-corrected chi connectivity index (χ3v) is 6.25. The molecule has 3 rings (SSSR count). The molecule has 4 nitrogen and oxygen atoms in total. The Morgan fingerprint density at radius 1 is 1.08 bits per heavy atom. The maximum Gasteiger partial charge on any atom is 0.238 e. The first-order valence-corrected chi connectivity index (χ1v) is 10.9. The SMILES string of the molecule is Cc1cc(Br)ccc1NC(=O)CN1CCC(CN2CCCCCC2)CC1. The Morgan fingerprint density at radius 2 is 1.77 bits per heavy atom. The fourth-order valence-electron chi connectivity index (χ4n) is 4.17. The van der Waals surface area contributed by atoms with Crippen LogP contribution in [0.2, 0.25) is 0 Å². The molecule has 0 spiro atoms. The van der Waals surface area contributed by atoms with Gasteiger partial charge in [0.05, 0.1) is 6.54 Å². The van der Waals surface area contributed by atoms with E-state index in [2.05, 4.69) is 31.0 Å². The van der Waals surface area contributed by atoms with Gasteiger partial charge in [0.15, 0.2) is 0 Å². The molecule has 0 unspecified atom stereocenters. The zero-order chi connectivity index (χ0) is 18.4. The zero-order valence-electron chi connectivity index (χ0n) is 16.0. The highest BCUT2D eigenvalue weighted by molar-refractivity contribution is 9.10. The van der Waals surface area contributed by atoms with Crippen molar-refractivity contribution < 1.29 is 4.79 Å². The van der Waals surface area contributed by atoms with E-state index in [-0.39, 0.29) is 5.91 Å². The highest BCUT2D eigenvalue weighted by atomic mass is 79.9. The molecular formula is C21H32BrN3O. The summed E-state index contributed by atoms with van der Waals surface area (Å²) >= 11 is 3.46. The van der Waals surface area contributed by atoms with Crippen molar-refractivity contribution in [2.24, 2.45) is 5.92 Å². The molecule has 0 aliphatic carbocycles. The van der Waals surface area contributed by atoms with Crippen LogP contribution in [0.3, 0.4) is 0 Å². The minimum Gasteiger partial charge on any atom is -0.325 e. The minimum atomic E-state index is 0.0985. The lowest BCUT2D eigenvalue weighted by molar-refractivity contribution is -0.117. The average molecular weight is 422 g/mol. The second kappa shape index (κ2) is 9.86. The Labute approximate surface area is 166 Å². The Balaban J connectivity index is 1.39. The molecule has 2 aliphatic heterocycles. The van der Waals surface area contributed by atoms with Crippen LogP contribution in [-0.4, -0.2) is 55.0 Å². The molecule has 2 fully saturated rings. The van der Waals surface area contributed by atoms with Crippen molar-refractivity contribution in [3.63, 3.8) is 0 Å². The summed E-state index contributed by atoms with van der Waals surface area (Å²) in [5.41, 5.74) is 2.00. The molecule has 1 N–H and O–H groups in total. The van der Waals surface area contributed by atoms with Crippen molar-refractivity contribution in [1.29, 1.82) is 0 Å². The first-order valence-electron chi connectivity index (χ1n) is 10.1. The normalized spacial score (nSPS) is 20.7. The third-order valence-electron chi connectivity index (χ3n) is 5.75. The number of aryl methyl sites for hydroxylation is 1. The van der Waals surface area contributed by atoms with Crippen molar-refractivity contribution in [1.82, 2.24) is 9.80 Å². The van der Waals surface area contributed by atoms with Crippen molar-refractivity contribution in [2.45, 2.75) is 45.4 Å². The molecule has 26 heavy (non-hydrogen) atoms. The van der Waals surface area contributed by atoms with E-state index >= 15 is 0 Å². The van der Waals surface area contributed by atoms with Gasteiger partial charge in [-0.15, -0.1) is 0 Å². The second-order valence-corrected chi connectivity index (χ2v) is 8.86. The maximum atomic E-state index is 12.4. The summed E-state index contributed by atoms with van der Waals surface area (Å²) in [6.07, 6.45) is 7.99. The predicted molar refractivity (Wildman–Crippen MR) is 112 cm³/mol. The number of rotatable bonds is 5. The molecule has 0 atom stereocenters. The number of benzene rings is 1. The number of carbonyl (C=O) groups is 1. The minimum absolute atomic E-state index is 0.0985. The fraction of sp³-hybridized carbons (Fsp3) is 0.667. The predicted octanol–water partition coefficient (Wildman–Crippen LogP) is 4.28. The van der Waals surface area contributed by atoms with E-state index in [9.17, 15) is 4.79 Å². The molecule has 144 valence electrons. The summed E-state index contributed by atoms with van der Waals surface area (Å²) in [5, 5.41) is 3.06. The number of halogens is 1. The van der Waals surface area contributed by atoms with Gasteiger partial charge < -0.3 is 10.2 Å². The molecule has 1 aromatic rings. The Morgan fingerprint density at radius 3 is 2.42 bits per heavy atom. The van der Waals surface area contributed by atoms with Crippen LogP contribution in [0.15, 0.2) is 22.7 Å². The van der Waals surface area contributed by atoms with E-state index in [0.717, 1.165) is 34.7 Å². The third kappa shape index (κ3) is 6.07. The summed E-state index contributed by atoms with van der Waals surface area (Å²) < 4.78 is 1.04. The van der Waals surface area contributed by atoms with Gasteiger partial charge in [0.1, 0.15) is 0 Å². The smallest absolute Gasteiger partial charge is 0.238 e. The number of piperidine rings is 1. The highest BCUT2D eigenvalue weighted by Crippen LogP contribution is 2.22. The van der Waals surface area contributed by atoms with Gasteiger partial charge in [0, 0.05) is 16.7 Å². The summed E-state index contributed by atoms with van der Waals surface area (Å²) in [4.78, 5) is 17.4. The fourth-order valence-corrected chi connectivity index (χ4v) is 4.65. The molecule has 0 saturated carbocycles. The van der Waals surface area contributed by atoms with Gasteiger partial charge in [-0.05, 0) is 88.5 Å². The summed E-state index contributed by atoms with van der Waals surface area (Å²) in [6.45, 7) is 8.46. The molecule has 2 aliphatic rings. The standard InChI is InChI=1S/C21H32BrN3O/c1-17-14-19(22)6-7-20(17)23-21(26)16-25-12-8-18(9-13-25)15-24-10-4-2-3-5-11-24/h6-7,14,18H,2-5,8-13,15-16H2,1H3,(H,23,26). The van der Waals surface area contributed by atoms with Crippen molar-refractivity contribution in [2.75, 3.05) is 44.6 Å². The number of nitrogens with one attached hydrogen (secondary N) is 1. The molecule has 0 aromatic heterocycles. The molecular weight excluding hydrogens is 390 g/mol. The monoisotopic (exact) mass is 421 g/mol. The van der Waals surface area contributed by atoms with Crippen molar-refractivity contribution in [3.8, 4) is 0 Å². The van der Waals surface area contributed by atoms with Crippen molar-refractivity contribution in [3.05, 3.63) is 28.2 Å². The number of carbonyl (C=O) groups excluding carboxylic acids is 1. The van der Waals surface area contributed by atoms with Crippen LogP contribution in [0, 0.1) is 12.8 Å². The molecule has 2 saturated heterocycles. The van der Waals surface area contributed by atoms with Crippen molar-refractivity contribution >= 4 is 27.5 Å². The number of nitrogens with zero attached hydrogens (tertiary/aromatic N) is 2. The molecule has 5 heteroatoms. The molecule has 0 radical (unpaired) electrons. The van der Waals surface area contributed by atoms with E-state index in [1.54, 1.807) is 0 Å². The van der Waals surface area contributed by atoms with Gasteiger partial charge in [-0.1, -0.05) is 28.8 Å². The topological polar surface area (TPSA) is 35.6 Å². The van der Waals surface area contributed by atoms with E-state index in [1.807, 2.05) is 25.1 Å². The van der Waals surface area contributed by atoms with Crippen LogP contribution in [-0.2, 0) is 4.79 Å². The summed E-state index contributed by atoms with van der Waals surface area (Å²) in [6, 6.07) is 5.96. The van der Waals surface area contributed by atoms with Crippen LogP contribution < -0.4 is 5.32 Å².